The normalized spacial score (nSPS) is 10.8. The lowest BCUT2D eigenvalue weighted by Crippen LogP contribution is -2.31. The van der Waals surface area contributed by atoms with Crippen LogP contribution in [0.5, 0.6) is 0 Å². The SMILES string of the molecule is Cn1nc(CNC(=O)CCn2ccc(=O)[nH]c2=O)c2ccccc2c1=O. The minimum Gasteiger partial charge on any atom is -0.350 e. The first-order chi connectivity index (χ1) is 12.5. The molecule has 0 unspecified atom stereocenters. The van der Waals surface area contributed by atoms with Gasteiger partial charge in [-0.25, -0.2) is 9.48 Å². The van der Waals surface area contributed by atoms with E-state index in [4.69, 9.17) is 0 Å². The van der Waals surface area contributed by atoms with Crippen LogP contribution < -0.4 is 22.1 Å². The van der Waals surface area contributed by atoms with Crippen LogP contribution in [0.4, 0.5) is 0 Å². The lowest BCUT2D eigenvalue weighted by molar-refractivity contribution is -0.121. The second-order valence-electron chi connectivity index (χ2n) is 5.75. The van der Waals surface area contributed by atoms with Gasteiger partial charge < -0.3 is 9.88 Å². The number of aromatic nitrogens is 4. The summed E-state index contributed by atoms with van der Waals surface area (Å²) in [6.45, 7) is 0.302. The number of H-pyrrole nitrogens is 1. The number of nitrogens with zero attached hydrogens (tertiary/aromatic N) is 3. The summed E-state index contributed by atoms with van der Waals surface area (Å²) in [5.74, 6) is -0.275. The van der Waals surface area contributed by atoms with Gasteiger partial charge in [0.25, 0.3) is 11.1 Å². The van der Waals surface area contributed by atoms with E-state index in [1.807, 2.05) is 0 Å². The van der Waals surface area contributed by atoms with Gasteiger partial charge in [0.2, 0.25) is 5.91 Å². The third-order valence-electron chi connectivity index (χ3n) is 3.96. The lowest BCUT2D eigenvalue weighted by atomic mass is 10.1. The molecule has 0 fully saturated rings. The van der Waals surface area contributed by atoms with Crippen LogP contribution in [0.1, 0.15) is 12.1 Å². The molecule has 0 saturated heterocycles. The Morgan fingerprint density at radius 2 is 1.88 bits per heavy atom. The summed E-state index contributed by atoms with van der Waals surface area (Å²) < 4.78 is 2.49. The third kappa shape index (κ3) is 3.61. The minimum absolute atomic E-state index is 0.0651. The third-order valence-corrected chi connectivity index (χ3v) is 3.96. The van der Waals surface area contributed by atoms with Crippen LogP contribution in [0.3, 0.4) is 0 Å². The fraction of sp³-hybridized carbons (Fsp3) is 0.235. The number of hydrogen-bond acceptors (Lipinski definition) is 5. The summed E-state index contributed by atoms with van der Waals surface area (Å²) in [6.07, 6.45) is 1.41. The van der Waals surface area contributed by atoms with E-state index < -0.39 is 11.2 Å². The molecule has 9 nitrogen and oxygen atoms in total. The average Bonchev–Trinajstić information content (AvgIpc) is 2.63. The van der Waals surface area contributed by atoms with Crippen LogP contribution >= 0.6 is 0 Å². The molecule has 3 aromatic rings. The number of carbonyl (C=O) groups excluding carboxylic acids is 1. The predicted octanol–water partition coefficient (Wildman–Crippen LogP) is -0.510. The zero-order valence-corrected chi connectivity index (χ0v) is 14.1. The van der Waals surface area contributed by atoms with E-state index in [0.29, 0.717) is 16.5 Å². The first-order valence-electron chi connectivity index (χ1n) is 7.97. The van der Waals surface area contributed by atoms with Gasteiger partial charge in [0.1, 0.15) is 0 Å². The van der Waals surface area contributed by atoms with Crippen molar-refractivity contribution in [3.05, 3.63) is 73.4 Å². The van der Waals surface area contributed by atoms with Crippen LogP contribution in [0, 0.1) is 0 Å². The zero-order valence-electron chi connectivity index (χ0n) is 14.1. The van der Waals surface area contributed by atoms with E-state index in [1.54, 1.807) is 31.3 Å². The van der Waals surface area contributed by atoms with Gasteiger partial charge in [0.05, 0.1) is 17.6 Å². The van der Waals surface area contributed by atoms with Crippen molar-refractivity contribution in [2.45, 2.75) is 19.5 Å². The Labute approximate surface area is 146 Å². The van der Waals surface area contributed by atoms with Gasteiger partial charge in [0.15, 0.2) is 0 Å². The molecular weight excluding hydrogens is 338 g/mol. The van der Waals surface area contributed by atoms with Crippen LogP contribution in [-0.2, 0) is 24.9 Å². The largest absolute Gasteiger partial charge is 0.350 e. The van der Waals surface area contributed by atoms with Gasteiger partial charge in [0, 0.05) is 37.7 Å². The van der Waals surface area contributed by atoms with Crippen LogP contribution in [0.2, 0.25) is 0 Å². The average molecular weight is 355 g/mol. The molecule has 0 radical (unpaired) electrons. The van der Waals surface area contributed by atoms with Crippen molar-refractivity contribution in [1.29, 1.82) is 0 Å². The quantitative estimate of drug-likeness (QED) is 0.639. The minimum atomic E-state index is -0.559. The molecule has 0 spiro atoms. The first kappa shape index (κ1) is 17.3. The molecule has 0 aliphatic carbocycles. The Hall–Kier alpha value is -3.49. The van der Waals surface area contributed by atoms with Gasteiger partial charge in [-0.1, -0.05) is 18.2 Å². The molecule has 1 aromatic carbocycles. The summed E-state index contributed by atoms with van der Waals surface area (Å²) in [5.41, 5.74) is -0.662. The first-order valence-corrected chi connectivity index (χ1v) is 7.97. The van der Waals surface area contributed by atoms with E-state index in [9.17, 15) is 19.2 Å². The highest BCUT2D eigenvalue weighted by Crippen LogP contribution is 2.12. The maximum atomic E-state index is 12.1. The molecule has 0 saturated carbocycles. The number of aromatic amines is 1. The van der Waals surface area contributed by atoms with E-state index in [-0.39, 0.29) is 31.0 Å². The molecular formula is C17H17N5O4. The second kappa shape index (κ2) is 7.18. The summed E-state index contributed by atoms with van der Waals surface area (Å²) in [5, 5.41) is 8.17. The monoisotopic (exact) mass is 355 g/mol. The summed E-state index contributed by atoms with van der Waals surface area (Å²) >= 11 is 0. The molecule has 9 heteroatoms. The number of carbonyl (C=O) groups is 1. The highest BCUT2D eigenvalue weighted by atomic mass is 16.2. The molecule has 2 N–H and O–H groups in total. The van der Waals surface area contributed by atoms with Crippen LogP contribution in [0.25, 0.3) is 10.8 Å². The van der Waals surface area contributed by atoms with Gasteiger partial charge >= 0.3 is 5.69 Å². The maximum absolute atomic E-state index is 12.1. The topological polar surface area (TPSA) is 119 Å². The fourth-order valence-corrected chi connectivity index (χ4v) is 2.62. The van der Waals surface area contributed by atoms with E-state index in [1.165, 1.54) is 21.5 Å². The van der Waals surface area contributed by atoms with Gasteiger partial charge in [-0.05, 0) is 6.07 Å². The highest BCUT2D eigenvalue weighted by Gasteiger charge is 2.10. The molecule has 0 aliphatic heterocycles. The molecule has 134 valence electrons. The molecule has 3 rings (SSSR count). The van der Waals surface area contributed by atoms with E-state index >= 15 is 0 Å². The molecule has 0 aliphatic rings. The number of amides is 1. The Bertz CT molecular complexity index is 1140. The van der Waals surface area contributed by atoms with Crippen molar-refractivity contribution in [1.82, 2.24) is 24.6 Å². The summed E-state index contributed by atoms with van der Waals surface area (Å²) in [6, 6.07) is 8.30. The predicted molar refractivity (Wildman–Crippen MR) is 94.8 cm³/mol. The number of aryl methyl sites for hydroxylation is 2. The van der Waals surface area contributed by atoms with Crippen molar-refractivity contribution < 1.29 is 4.79 Å². The number of benzene rings is 1. The fourth-order valence-electron chi connectivity index (χ4n) is 2.62. The maximum Gasteiger partial charge on any atom is 0.328 e. The smallest absolute Gasteiger partial charge is 0.328 e. The number of nitrogens with one attached hydrogen (secondary N) is 2. The van der Waals surface area contributed by atoms with Gasteiger partial charge in [-0.2, -0.15) is 5.10 Å². The Kier molecular flexibility index (Phi) is 4.78. The van der Waals surface area contributed by atoms with Crippen LogP contribution in [0.15, 0.2) is 50.9 Å². The van der Waals surface area contributed by atoms with E-state index in [0.717, 1.165) is 0 Å². The molecule has 26 heavy (non-hydrogen) atoms. The van der Waals surface area contributed by atoms with Gasteiger partial charge in [-0.3, -0.25) is 19.4 Å². The highest BCUT2D eigenvalue weighted by molar-refractivity contribution is 5.84. The number of fused-ring (bicyclic) bond motifs is 1. The second-order valence-corrected chi connectivity index (χ2v) is 5.75. The number of rotatable bonds is 5. The standard InChI is InChI=1S/C17H17N5O4/c1-21-16(25)12-5-3-2-4-11(12)13(20-21)10-18-14(23)6-8-22-9-7-15(24)19-17(22)26/h2-5,7,9H,6,8,10H2,1H3,(H,18,23)(H,19,24,26). The zero-order chi connectivity index (χ0) is 18.7. The van der Waals surface area contributed by atoms with Gasteiger partial charge in [-0.15, -0.1) is 0 Å². The van der Waals surface area contributed by atoms with Crippen molar-refractivity contribution in [2.24, 2.45) is 7.05 Å². The van der Waals surface area contributed by atoms with Crippen molar-refractivity contribution in [2.75, 3.05) is 0 Å². The van der Waals surface area contributed by atoms with Crippen molar-refractivity contribution in [3.63, 3.8) is 0 Å². The van der Waals surface area contributed by atoms with Crippen molar-refractivity contribution >= 4 is 16.7 Å². The molecule has 0 atom stereocenters. The Morgan fingerprint density at radius 3 is 2.62 bits per heavy atom. The van der Waals surface area contributed by atoms with Crippen molar-refractivity contribution in [3.8, 4) is 0 Å². The Balaban J connectivity index is 1.69. The number of hydrogen-bond donors (Lipinski definition) is 2. The lowest BCUT2D eigenvalue weighted by Gasteiger charge is -2.10. The molecule has 0 bridgehead atoms. The Morgan fingerprint density at radius 1 is 1.15 bits per heavy atom. The summed E-state index contributed by atoms with van der Waals surface area (Å²) in [7, 11) is 1.56. The molecule has 2 aromatic heterocycles. The summed E-state index contributed by atoms with van der Waals surface area (Å²) in [4.78, 5) is 48.9. The molecule has 2 heterocycles. The van der Waals surface area contributed by atoms with E-state index in [2.05, 4.69) is 15.4 Å². The molecule has 1 amide bonds. The van der Waals surface area contributed by atoms with Crippen LogP contribution in [-0.4, -0.2) is 25.2 Å².